The molecule has 1 aromatic heterocycles. The highest BCUT2D eigenvalue weighted by atomic mass is 16.5. The van der Waals surface area contributed by atoms with Crippen molar-refractivity contribution < 1.29 is 14.2 Å². The van der Waals surface area contributed by atoms with E-state index >= 15 is 0 Å². The number of ether oxygens (including phenoxy) is 3. The molecule has 0 radical (unpaired) electrons. The zero-order valence-corrected chi connectivity index (χ0v) is 12.4. The number of anilines is 2. The minimum atomic E-state index is 0.486. The molecule has 1 rings (SSSR count). The first-order valence-corrected chi connectivity index (χ1v) is 6.97. The van der Waals surface area contributed by atoms with E-state index in [0.29, 0.717) is 31.4 Å². The van der Waals surface area contributed by atoms with Crippen molar-refractivity contribution in [3.8, 4) is 5.88 Å². The zero-order valence-electron chi connectivity index (χ0n) is 12.4. The fourth-order valence-corrected chi connectivity index (χ4v) is 1.59. The largest absolute Gasteiger partial charge is 0.476 e. The van der Waals surface area contributed by atoms with E-state index in [9.17, 15) is 0 Å². The van der Waals surface area contributed by atoms with Crippen LogP contribution in [0.1, 0.15) is 19.8 Å². The van der Waals surface area contributed by atoms with Crippen LogP contribution in [0.5, 0.6) is 5.88 Å². The number of unbranched alkanes of at least 4 members (excludes halogenated alkanes) is 1. The molecule has 0 atom stereocenters. The predicted octanol–water partition coefficient (Wildman–Crippen LogP) is 1.92. The molecule has 0 aliphatic heterocycles. The number of nitrogens with two attached hydrogens (primary N) is 1. The summed E-state index contributed by atoms with van der Waals surface area (Å²) in [6.07, 6.45) is 2.02. The summed E-state index contributed by atoms with van der Waals surface area (Å²) in [7, 11) is 1.67. The number of hydrogen-bond acceptors (Lipinski definition) is 6. The molecule has 0 aromatic carbocycles. The Balaban J connectivity index is 2.17. The third-order valence-electron chi connectivity index (χ3n) is 2.62. The number of methoxy groups -OCH3 is 1. The Morgan fingerprint density at radius 3 is 2.80 bits per heavy atom. The van der Waals surface area contributed by atoms with Gasteiger partial charge in [0.2, 0.25) is 5.88 Å². The summed E-state index contributed by atoms with van der Waals surface area (Å²) in [5.41, 5.74) is 6.33. The van der Waals surface area contributed by atoms with Gasteiger partial charge in [0.25, 0.3) is 0 Å². The monoisotopic (exact) mass is 283 g/mol. The van der Waals surface area contributed by atoms with Crippen LogP contribution < -0.4 is 15.8 Å². The molecule has 0 fully saturated rings. The summed E-state index contributed by atoms with van der Waals surface area (Å²) in [6.45, 7) is 5.36. The SMILES string of the molecule is CCOc1nc(NCCCCOCCOC)ccc1N. The molecule has 0 aliphatic carbocycles. The highest BCUT2D eigenvalue weighted by Gasteiger charge is 2.03. The van der Waals surface area contributed by atoms with Gasteiger partial charge in [-0.15, -0.1) is 0 Å². The lowest BCUT2D eigenvalue weighted by molar-refractivity contribution is 0.0691. The summed E-state index contributed by atoms with van der Waals surface area (Å²) in [4.78, 5) is 4.31. The van der Waals surface area contributed by atoms with Crippen molar-refractivity contribution in [1.82, 2.24) is 4.98 Å². The van der Waals surface area contributed by atoms with Crippen molar-refractivity contribution in [1.29, 1.82) is 0 Å². The number of nitrogens with one attached hydrogen (secondary N) is 1. The molecular formula is C14H25N3O3. The second-order valence-corrected chi connectivity index (χ2v) is 4.26. The van der Waals surface area contributed by atoms with Gasteiger partial charge in [0.15, 0.2) is 0 Å². The number of hydrogen-bond donors (Lipinski definition) is 2. The topological polar surface area (TPSA) is 78.6 Å². The van der Waals surface area contributed by atoms with Gasteiger partial charge in [-0.2, -0.15) is 4.98 Å². The van der Waals surface area contributed by atoms with Crippen molar-refractivity contribution in [3.05, 3.63) is 12.1 Å². The Labute approximate surface area is 120 Å². The summed E-state index contributed by atoms with van der Waals surface area (Å²) in [5.74, 6) is 1.27. The van der Waals surface area contributed by atoms with Crippen LogP contribution in [-0.2, 0) is 9.47 Å². The van der Waals surface area contributed by atoms with Crippen LogP contribution in [0.4, 0.5) is 11.5 Å². The van der Waals surface area contributed by atoms with E-state index < -0.39 is 0 Å². The van der Waals surface area contributed by atoms with Gasteiger partial charge < -0.3 is 25.3 Å². The molecule has 0 aliphatic rings. The fourth-order valence-electron chi connectivity index (χ4n) is 1.59. The molecular weight excluding hydrogens is 258 g/mol. The van der Waals surface area contributed by atoms with E-state index in [1.165, 1.54) is 0 Å². The molecule has 0 saturated heterocycles. The van der Waals surface area contributed by atoms with Gasteiger partial charge in [0, 0.05) is 20.3 Å². The van der Waals surface area contributed by atoms with E-state index in [1.54, 1.807) is 13.2 Å². The molecule has 3 N–H and O–H groups in total. The standard InChI is InChI=1S/C14H25N3O3/c1-3-20-14-12(15)6-7-13(17-14)16-8-4-5-9-19-11-10-18-2/h6-7H,3-5,8-11,15H2,1-2H3,(H,16,17). The maximum atomic E-state index is 5.77. The van der Waals surface area contributed by atoms with Gasteiger partial charge in [-0.3, -0.25) is 0 Å². The van der Waals surface area contributed by atoms with E-state index in [1.807, 2.05) is 13.0 Å². The van der Waals surface area contributed by atoms with Gasteiger partial charge in [-0.05, 0) is 31.9 Å². The summed E-state index contributed by atoms with van der Waals surface area (Å²) < 4.78 is 15.6. The Morgan fingerprint density at radius 2 is 2.05 bits per heavy atom. The van der Waals surface area contributed by atoms with Crippen LogP contribution in [-0.4, -0.2) is 45.1 Å². The summed E-state index contributed by atoms with van der Waals surface area (Å²) >= 11 is 0. The lowest BCUT2D eigenvalue weighted by Crippen LogP contribution is -2.08. The molecule has 114 valence electrons. The van der Waals surface area contributed by atoms with E-state index in [2.05, 4.69) is 10.3 Å². The van der Waals surface area contributed by atoms with Crippen LogP contribution in [0.2, 0.25) is 0 Å². The smallest absolute Gasteiger partial charge is 0.239 e. The fraction of sp³-hybridized carbons (Fsp3) is 0.643. The maximum absolute atomic E-state index is 5.77. The molecule has 6 nitrogen and oxygen atoms in total. The molecule has 0 spiro atoms. The van der Waals surface area contributed by atoms with Crippen molar-refractivity contribution in [2.45, 2.75) is 19.8 Å². The van der Waals surface area contributed by atoms with Gasteiger partial charge in [-0.25, -0.2) is 0 Å². The van der Waals surface area contributed by atoms with E-state index in [0.717, 1.165) is 31.8 Å². The average molecular weight is 283 g/mol. The van der Waals surface area contributed by atoms with Crippen LogP contribution in [0.25, 0.3) is 0 Å². The Morgan fingerprint density at radius 1 is 1.20 bits per heavy atom. The van der Waals surface area contributed by atoms with Crippen molar-refractivity contribution >= 4 is 11.5 Å². The first kappa shape index (κ1) is 16.5. The van der Waals surface area contributed by atoms with Crippen LogP contribution in [0.15, 0.2) is 12.1 Å². The first-order valence-electron chi connectivity index (χ1n) is 6.97. The predicted molar refractivity (Wildman–Crippen MR) is 80.2 cm³/mol. The van der Waals surface area contributed by atoms with Crippen LogP contribution in [0.3, 0.4) is 0 Å². The third kappa shape index (κ3) is 6.58. The Kier molecular flexibility index (Phi) is 8.49. The summed E-state index contributed by atoms with van der Waals surface area (Å²) in [6, 6.07) is 3.65. The van der Waals surface area contributed by atoms with Gasteiger partial charge in [0.05, 0.1) is 25.5 Å². The zero-order chi connectivity index (χ0) is 14.6. The molecule has 1 aromatic rings. The number of nitrogen functional groups attached to an aromatic ring is 1. The van der Waals surface area contributed by atoms with E-state index in [-0.39, 0.29) is 0 Å². The number of nitrogens with zero attached hydrogens (tertiary/aromatic N) is 1. The molecule has 20 heavy (non-hydrogen) atoms. The quantitative estimate of drug-likeness (QED) is 0.604. The molecule has 0 unspecified atom stereocenters. The maximum Gasteiger partial charge on any atom is 0.239 e. The molecule has 0 bridgehead atoms. The number of rotatable bonds is 11. The molecule has 0 amide bonds. The normalized spacial score (nSPS) is 10.5. The van der Waals surface area contributed by atoms with Crippen molar-refractivity contribution in [2.24, 2.45) is 0 Å². The molecule has 0 saturated carbocycles. The lowest BCUT2D eigenvalue weighted by atomic mass is 10.3. The van der Waals surface area contributed by atoms with Gasteiger partial charge in [-0.1, -0.05) is 0 Å². The van der Waals surface area contributed by atoms with Crippen molar-refractivity contribution in [2.75, 3.05) is 51.1 Å². The Hall–Kier alpha value is -1.53. The van der Waals surface area contributed by atoms with Crippen LogP contribution >= 0.6 is 0 Å². The van der Waals surface area contributed by atoms with Crippen LogP contribution in [0, 0.1) is 0 Å². The first-order chi connectivity index (χ1) is 9.77. The minimum absolute atomic E-state index is 0.486. The van der Waals surface area contributed by atoms with Gasteiger partial charge in [0.1, 0.15) is 5.82 Å². The second-order valence-electron chi connectivity index (χ2n) is 4.26. The van der Waals surface area contributed by atoms with Crippen molar-refractivity contribution in [3.63, 3.8) is 0 Å². The van der Waals surface area contributed by atoms with E-state index in [4.69, 9.17) is 19.9 Å². The third-order valence-corrected chi connectivity index (χ3v) is 2.62. The minimum Gasteiger partial charge on any atom is -0.476 e. The number of pyridine rings is 1. The average Bonchev–Trinajstić information content (AvgIpc) is 2.45. The molecule has 1 heterocycles. The molecule has 6 heteroatoms. The van der Waals surface area contributed by atoms with Gasteiger partial charge >= 0.3 is 0 Å². The highest BCUT2D eigenvalue weighted by molar-refractivity contribution is 5.53. The lowest BCUT2D eigenvalue weighted by Gasteiger charge is -2.09. The summed E-state index contributed by atoms with van der Waals surface area (Å²) in [5, 5.41) is 3.25. The second kappa shape index (κ2) is 10.3. The number of aromatic nitrogens is 1. The highest BCUT2D eigenvalue weighted by Crippen LogP contribution is 2.20. The Bertz CT molecular complexity index is 375.